The van der Waals surface area contributed by atoms with Crippen molar-refractivity contribution in [1.29, 1.82) is 0 Å². The van der Waals surface area contributed by atoms with E-state index in [0.717, 1.165) is 5.82 Å². The lowest BCUT2D eigenvalue weighted by Crippen LogP contribution is -2.02. The molecular weight excluding hydrogens is 281 g/mol. The van der Waals surface area contributed by atoms with Crippen LogP contribution in [0.15, 0.2) is 4.52 Å². The highest BCUT2D eigenvalue weighted by atomic mass is 127. The number of alkyl halides is 1. The summed E-state index contributed by atoms with van der Waals surface area (Å²) in [5.74, 6) is 1.72. The first-order valence-electron chi connectivity index (χ1n) is 4.14. The molecule has 0 aliphatic carbocycles. The predicted octanol–water partition coefficient (Wildman–Crippen LogP) is 1.75. The van der Waals surface area contributed by atoms with Gasteiger partial charge in [-0.1, -0.05) is 41.6 Å². The van der Waals surface area contributed by atoms with Crippen molar-refractivity contribution in [2.75, 3.05) is 11.5 Å². The van der Waals surface area contributed by atoms with Crippen molar-refractivity contribution >= 4 is 22.6 Å². The molecule has 2 N–H and O–H groups in total. The van der Waals surface area contributed by atoms with Crippen molar-refractivity contribution in [3.63, 3.8) is 0 Å². The lowest BCUT2D eigenvalue weighted by Gasteiger charge is -1.91. The maximum Gasteiger partial charge on any atom is 0.227 e. The zero-order valence-corrected chi connectivity index (χ0v) is 10.4. The molecule has 0 radical (unpaired) electrons. The monoisotopic (exact) mass is 297 g/mol. The summed E-state index contributed by atoms with van der Waals surface area (Å²) >= 11 is 2.15. The number of nitrogens with two attached hydrogens (primary N) is 1. The molecule has 76 valence electrons. The van der Waals surface area contributed by atoms with Crippen molar-refractivity contribution in [2.45, 2.75) is 26.2 Å². The molecule has 0 aliphatic heterocycles. The van der Waals surface area contributed by atoms with Gasteiger partial charge in [-0.3, -0.25) is 0 Å². The van der Waals surface area contributed by atoms with Gasteiger partial charge in [0.15, 0.2) is 5.82 Å². The molecule has 13 heavy (non-hydrogen) atoms. The van der Waals surface area contributed by atoms with Crippen molar-refractivity contribution in [2.24, 2.45) is 5.73 Å². The van der Waals surface area contributed by atoms with Crippen LogP contribution in [-0.2, 0) is 6.42 Å². The number of rotatable bonds is 3. The van der Waals surface area contributed by atoms with E-state index in [2.05, 4.69) is 32.7 Å². The summed E-state index contributed by atoms with van der Waals surface area (Å²) in [5.41, 5.74) is 5.32. The number of halogens is 1. The number of hydrogen-bond donors (Lipinski definition) is 1. The maximum absolute atomic E-state index is 5.32. The van der Waals surface area contributed by atoms with E-state index in [9.17, 15) is 0 Å². The Hall–Kier alpha value is -0.170. The predicted molar refractivity (Wildman–Crippen MR) is 61.1 cm³/mol. The minimum absolute atomic E-state index is 0.324. The third-order valence-electron chi connectivity index (χ3n) is 1.36. The van der Waals surface area contributed by atoms with Crippen LogP contribution in [0.5, 0.6) is 0 Å². The summed E-state index contributed by atoms with van der Waals surface area (Å²) in [6.45, 7) is 4.61. The van der Waals surface area contributed by atoms with Crippen molar-refractivity contribution < 1.29 is 4.52 Å². The fourth-order valence-corrected chi connectivity index (χ4v) is 0.728. The highest BCUT2D eigenvalue weighted by Crippen LogP contribution is 2.09. The van der Waals surface area contributed by atoms with Crippen LogP contribution in [0.1, 0.15) is 31.5 Å². The SMILES string of the molecule is CC(C)c1noc(CCN)n1.CI. The minimum Gasteiger partial charge on any atom is -0.339 e. The molecule has 0 fully saturated rings. The Morgan fingerprint density at radius 3 is 2.46 bits per heavy atom. The van der Waals surface area contributed by atoms with Gasteiger partial charge in [-0.2, -0.15) is 4.98 Å². The third kappa shape index (κ3) is 4.56. The van der Waals surface area contributed by atoms with Crippen LogP contribution in [0.4, 0.5) is 0 Å². The van der Waals surface area contributed by atoms with Crippen LogP contribution >= 0.6 is 22.6 Å². The van der Waals surface area contributed by atoms with Gasteiger partial charge < -0.3 is 10.3 Å². The van der Waals surface area contributed by atoms with Crippen LogP contribution in [0.25, 0.3) is 0 Å². The fraction of sp³-hybridized carbons (Fsp3) is 0.750. The second kappa shape index (κ2) is 7.25. The maximum atomic E-state index is 5.32. The quantitative estimate of drug-likeness (QED) is 0.682. The van der Waals surface area contributed by atoms with Crippen LogP contribution in [-0.4, -0.2) is 21.6 Å². The van der Waals surface area contributed by atoms with E-state index in [1.54, 1.807) is 0 Å². The van der Waals surface area contributed by atoms with Gasteiger partial charge in [-0.15, -0.1) is 0 Å². The van der Waals surface area contributed by atoms with Crippen molar-refractivity contribution in [3.8, 4) is 0 Å². The summed E-state index contributed by atoms with van der Waals surface area (Å²) in [6, 6.07) is 0. The average Bonchev–Trinajstić information content (AvgIpc) is 2.57. The molecule has 0 amide bonds. The Morgan fingerprint density at radius 2 is 2.08 bits per heavy atom. The molecule has 0 aliphatic rings. The van der Waals surface area contributed by atoms with Gasteiger partial charge in [0.1, 0.15) is 0 Å². The molecule has 1 aromatic rings. The van der Waals surface area contributed by atoms with Gasteiger partial charge in [0.2, 0.25) is 5.89 Å². The molecule has 0 atom stereocenters. The molecule has 0 saturated carbocycles. The van der Waals surface area contributed by atoms with E-state index >= 15 is 0 Å². The Morgan fingerprint density at radius 1 is 1.46 bits per heavy atom. The molecular formula is C8H16IN3O. The first-order valence-corrected chi connectivity index (χ1v) is 6.30. The Kier molecular flexibility index (Phi) is 7.16. The van der Waals surface area contributed by atoms with E-state index in [-0.39, 0.29) is 0 Å². The van der Waals surface area contributed by atoms with Gasteiger partial charge in [-0.05, 0) is 4.93 Å². The summed E-state index contributed by atoms with van der Waals surface area (Å²) < 4.78 is 4.93. The molecule has 0 bridgehead atoms. The lowest BCUT2D eigenvalue weighted by molar-refractivity contribution is 0.372. The molecule has 1 aromatic heterocycles. The highest BCUT2D eigenvalue weighted by molar-refractivity contribution is 14.1. The van der Waals surface area contributed by atoms with E-state index < -0.39 is 0 Å². The molecule has 0 unspecified atom stereocenters. The summed E-state index contributed by atoms with van der Waals surface area (Å²) in [4.78, 5) is 6.11. The summed E-state index contributed by atoms with van der Waals surface area (Å²) in [6.07, 6.45) is 0.666. The normalized spacial score (nSPS) is 9.69. The van der Waals surface area contributed by atoms with Crippen LogP contribution in [0, 0.1) is 0 Å². The van der Waals surface area contributed by atoms with E-state index in [0.29, 0.717) is 24.8 Å². The molecule has 1 rings (SSSR count). The Balaban J connectivity index is 0.000000671. The average molecular weight is 297 g/mol. The lowest BCUT2D eigenvalue weighted by atomic mass is 10.2. The van der Waals surface area contributed by atoms with Gasteiger partial charge >= 0.3 is 0 Å². The Labute approximate surface area is 92.4 Å². The molecule has 0 aromatic carbocycles. The van der Waals surface area contributed by atoms with Gasteiger partial charge in [-0.25, -0.2) is 0 Å². The molecule has 1 heterocycles. The van der Waals surface area contributed by atoms with Gasteiger partial charge in [0, 0.05) is 18.9 Å². The van der Waals surface area contributed by atoms with Gasteiger partial charge in [0.05, 0.1) is 0 Å². The first kappa shape index (κ1) is 12.8. The number of nitrogens with zero attached hydrogens (tertiary/aromatic N) is 2. The zero-order valence-electron chi connectivity index (χ0n) is 8.25. The Bertz CT molecular complexity index is 225. The molecule has 4 nitrogen and oxygen atoms in total. The van der Waals surface area contributed by atoms with E-state index in [1.165, 1.54) is 0 Å². The van der Waals surface area contributed by atoms with Crippen LogP contribution in [0.2, 0.25) is 0 Å². The van der Waals surface area contributed by atoms with Gasteiger partial charge in [0.25, 0.3) is 0 Å². The smallest absolute Gasteiger partial charge is 0.227 e. The van der Waals surface area contributed by atoms with E-state index in [4.69, 9.17) is 10.3 Å². The standard InChI is InChI=1S/C7H13N3O.CH3I/c1-5(2)7-9-6(3-4-8)11-10-7;1-2/h5H,3-4,8H2,1-2H3;1H3. The number of hydrogen-bond acceptors (Lipinski definition) is 4. The molecule has 0 saturated heterocycles. The topological polar surface area (TPSA) is 64.9 Å². The number of aromatic nitrogens is 2. The summed E-state index contributed by atoms with van der Waals surface area (Å²) in [5, 5.41) is 3.79. The van der Waals surface area contributed by atoms with Crippen LogP contribution in [0.3, 0.4) is 0 Å². The zero-order chi connectivity index (χ0) is 10.3. The highest BCUT2D eigenvalue weighted by Gasteiger charge is 2.07. The largest absolute Gasteiger partial charge is 0.339 e. The minimum atomic E-state index is 0.324. The van der Waals surface area contributed by atoms with Crippen LogP contribution < -0.4 is 5.73 Å². The van der Waals surface area contributed by atoms with Crippen molar-refractivity contribution in [3.05, 3.63) is 11.7 Å². The first-order chi connectivity index (χ1) is 6.24. The second-order valence-electron chi connectivity index (χ2n) is 2.74. The van der Waals surface area contributed by atoms with E-state index in [1.807, 2.05) is 18.8 Å². The van der Waals surface area contributed by atoms with Crippen molar-refractivity contribution in [1.82, 2.24) is 10.1 Å². The second-order valence-corrected chi connectivity index (χ2v) is 2.74. The summed E-state index contributed by atoms with van der Waals surface area (Å²) in [7, 11) is 0. The third-order valence-corrected chi connectivity index (χ3v) is 1.36. The molecule has 5 heteroatoms. The fourth-order valence-electron chi connectivity index (χ4n) is 0.728. The molecule has 0 spiro atoms.